The molecule has 0 saturated carbocycles. The molecule has 46 heavy (non-hydrogen) atoms. The van der Waals surface area contributed by atoms with Gasteiger partial charge in [0.2, 0.25) is 5.88 Å². The van der Waals surface area contributed by atoms with E-state index in [1.54, 1.807) is 12.3 Å². The molecule has 1 atom stereocenters. The zero-order chi connectivity index (χ0) is 33.1. The van der Waals surface area contributed by atoms with Crippen LogP contribution in [0.5, 0.6) is 5.88 Å². The first-order chi connectivity index (χ1) is 21.8. The normalized spacial score (nSPS) is 18.0. The van der Waals surface area contributed by atoms with Gasteiger partial charge in [0.15, 0.2) is 5.82 Å². The lowest BCUT2D eigenvalue weighted by Crippen LogP contribution is -2.50. The second-order valence-corrected chi connectivity index (χ2v) is 18.6. The number of nitrogens with one attached hydrogen (secondary N) is 1. The molecule has 2 aromatic heterocycles. The number of anilines is 3. The lowest BCUT2D eigenvalue weighted by atomic mass is 10.1. The van der Waals surface area contributed by atoms with Crippen LogP contribution in [0.3, 0.4) is 0 Å². The highest BCUT2D eigenvalue weighted by Crippen LogP contribution is 2.36. The number of rotatable bonds is 9. The summed E-state index contributed by atoms with van der Waals surface area (Å²) >= 11 is 0. The van der Waals surface area contributed by atoms with Crippen molar-refractivity contribution in [2.24, 2.45) is 0 Å². The summed E-state index contributed by atoms with van der Waals surface area (Å²) in [5.41, 5.74) is 0.00301. The largest absolute Gasteiger partial charge is 0.478 e. The fourth-order valence-corrected chi connectivity index (χ4v) is 6.07. The summed E-state index contributed by atoms with van der Waals surface area (Å²) in [6.07, 6.45) is -2.17. The van der Waals surface area contributed by atoms with Crippen LogP contribution in [0.2, 0.25) is 25.7 Å². The number of halogens is 3. The molecule has 10 nitrogen and oxygen atoms in total. The van der Waals surface area contributed by atoms with E-state index in [9.17, 15) is 18.0 Å². The molecule has 0 aliphatic carbocycles. The van der Waals surface area contributed by atoms with Gasteiger partial charge in [-0.1, -0.05) is 19.6 Å². The second-order valence-electron chi connectivity index (χ2n) is 13.0. The van der Waals surface area contributed by atoms with E-state index in [1.165, 1.54) is 0 Å². The third kappa shape index (κ3) is 8.33. The Morgan fingerprint density at radius 3 is 2.52 bits per heavy atom. The Kier molecular flexibility index (Phi) is 10.2. The van der Waals surface area contributed by atoms with E-state index >= 15 is 0 Å². The van der Waals surface area contributed by atoms with Gasteiger partial charge in [0, 0.05) is 70.9 Å². The van der Waals surface area contributed by atoms with E-state index in [2.05, 4.69) is 63.6 Å². The van der Waals surface area contributed by atoms with E-state index in [0.29, 0.717) is 62.2 Å². The Morgan fingerprint density at radius 1 is 1.07 bits per heavy atom. The summed E-state index contributed by atoms with van der Waals surface area (Å²) < 4.78 is 53.8. The fourth-order valence-electron chi connectivity index (χ4n) is 5.36. The molecule has 14 heteroatoms. The van der Waals surface area contributed by atoms with E-state index in [4.69, 9.17) is 14.5 Å². The third-order valence-electron chi connectivity index (χ3n) is 8.31. The molecule has 2 aliphatic heterocycles. The summed E-state index contributed by atoms with van der Waals surface area (Å²) in [6.45, 7) is 13.6. The number of carbonyl (C=O) groups is 1. The molecular formula is C32H42F3N7O3Si. The average molecular weight is 658 g/mol. The molecule has 0 radical (unpaired) electrons. The quantitative estimate of drug-likeness (QED) is 0.299. The number of hydrogen-bond donors (Lipinski definition) is 1. The summed E-state index contributed by atoms with van der Waals surface area (Å²) in [7, 11) is 0.587. The van der Waals surface area contributed by atoms with Gasteiger partial charge in [0.25, 0.3) is 5.91 Å². The number of carbonyl (C=O) groups excluding carboxylic acids is 1. The molecule has 5 rings (SSSR count). The lowest BCUT2D eigenvalue weighted by Gasteiger charge is -2.39. The van der Waals surface area contributed by atoms with Gasteiger partial charge in [0.05, 0.1) is 42.3 Å². The van der Waals surface area contributed by atoms with Crippen molar-refractivity contribution < 1.29 is 27.4 Å². The molecule has 4 heterocycles. The van der Waals surface area contributed by atoms with Crippen LogP contribution in [-0.4, -0.2) is 99.5 Å². The van der Waals surface area contributed by atoms with Crippen molar-refractivity contribution in [3.8, 4) is 17.3 Å². The first kappa shape index (κ1) is 33.6. The number of piperazine rings is 1. The Hall–Kier alpha value is -3.75. The Labute approximate surface area is 268 Å². The molecular weight excluding hydrogens is 615 g/mol. The van der Waals surface area contributed by atoms with Gasteiger partial charge < -0.3 is 29.5 Å². The number of aromatic nitrogens is 3. The number of alkyl halides is 3. The van der Waals surface area contributed by atoms with Gasteiger partial charge >= 0.3 is 6.18 Å². The van der Waals surface area contributed by atoms with E-state index in [-0.39, 0.29) is 18.5 Å². The topological polar surface area (TPSA) is 96.0 Å². The van der Waals surface area contributed by atoms with Crippen LogP contribution >= 0.6 is 0 Å². The van der Waals surface area contributed by atoms with Crippen LogP contribution in [0.15, 0.2) is 42.7 Å². The molecule has 248 valence electrons. The van der Waals surface area contributed by atoms with Crippen molar-refractivity contribution in [1.29, 1.82) is 0 Å². The van der Waals surface area contributed by atoms with Gasteiger partial charge in [0.1, 0.15) is 5.82 Å². The molecule has 1 N–H and O–H groups in total. The standard InChI is InChI=1S/C32H42F3N7O3Si/c1-22-21-42(11-10-40(22)2)27-7-6-23(30-36-9-8-28(39-30)41-12-14-44-15-13-41)18-26(27)38-31(43)24-20-37-29(19-25(24)32(33,34)35)45-16-17-46(3,4)5/h6-9,18-20,22H,10-17,21H2,1-5H3,(H,38,43)/t22-/m0/s1. The molecule has 0 unspecified atom stereocenters. The fraction of sp³-hybridized carbons (Fsp3) is 0.500. The lowest BCUT2D eigenvalue weighted by molar-refractivity contribution is -0.138. The van der Waals surface area contributed by atoms with Crippen LogP contribution in [0, 0.1) is 0 Å². The van der Waals surface area contributed by atoms with Gasteiger partial charge in [-0.2, -0.15) is 13.2 Å². The maximum atomic E-state index is 14.3. The third-order valence-corrected chi connectivity index (χ3v) is 10.0. The number of amides is 1. The van der Waals surface area contributed by atoms with Gasteiger partial charge in [-0.05, 0) is 44.3 Å². The van der Waals surface area contributed by atoms with Gasteiger partial charge in [-0.3, -0.25) is 4.79 Å². The highest BCUT2D eigenvalue weighted by molar-refractivity contribution is 6.76. The molecule has 1 amide bonds. The van der Waals surface area contributed by atoms with Gasteiger partial charge in [-0.15, -0.1) is 0 Å². The smallest absolute Gasteiger partial charge is 0.417 e. The number of likely N-dealkylation sites (N-methyl/N-ethyl adjacent to an activating group) is 1. The number of benzene rings is 1. The van der Waals surface area contributed by atoms with Crippen molar-refractivity contribution in [3.05, 3.63) is 53.9 Å². The average Bonchev–Trinajstić information content (AvgIpc) is 3.02. The Bertz CT molecular complexity index is 1530. The molecule has 2 fully saturated rings. The number of nitrogens with zero attached hydrogens (tertiary/aromatic N) is 6. The molecule has 2 aliphatic rings. The number of hydrogen-bond acceptors (Lipinski definition) is 9. The maximum Gasteiger partial charge on any atom is 0.417 e. The second kappa shape index (κ2) is 13.9. The first-order valence-corrected chi connectivity index (χ1v) is 19.3. The SMILES string of the molecule is C[C@H]1CN(c2ccc(-c3nccc(N4CCOCC4)n3)cc2NC(=O)c2cnc(OCC[Si](C)(C)C)cc2C(F)(F)F)CCN1C. The zero-order valence-electron chi connectivity index (χ0n) is 27.0. The highest BCUT2D eigenvalue weighted by Gasteiger charge is 2.37. The first-order valence-electron chi connectivity index (χ1n) is 15.6. The summed E-state index contributed by atoms with van der Waals surface area (Å²) in [5, 5.41) is 2.78. The highest BCUT2D eigenvalue weighted by atomic mass is 28.3. The minimum absolute atomic E-state index is 0.159. The Balaban J connectivity index is 1.47. The Morgan fingerprint density at radius 2 is 1.83 bits per heavy atom. The van der Waals surface area contributed by atoms with E-state index in [1.807, 2.05) is 18.2 Å². The minimum atomic E-state index is -4.79. The summed E-state index contributed by atoms with van der Waals surface area (Å²) in [4.78, 5) is 33.4. The number of morpholine rings is 1. The van der Waals surface area contributed by atoms with Crippen molar-refractivity contribution in [1.82, 2.24) is 19.9 Å². The van der Waals surface area contributed by atoms with E-state index < -0.39 is 31.3 Å². The molecule has 3 aromatic rings. The zero-order valence-corrected chi connectivity index (χ0v) is 28.0. The van der Waals surface area contributed by atoms with Crippen LogP contribution < -0.4 is 19.9 Å². The van der Waals surface area contributed by atoms with Gasteiger partial charge in [-0.25, -0.2) is 15.0 Å². The van der Waals surface area contributed by atoms with Crippen LogP contribution in [0.4, 0.5) is 30.4 Å². The minimum Gasteiger partial charge on any atom is -0.478 e. The number of pyridine rings is 1. The van der Waals surface area contributed by atoms with Crippen molar-refractivity contribution in [2.75, 3.05) is 74.7 Å². The predicted octanol–water partition coefficient (Wildman–Crippen LogP) is 5.50. The summed E-state index contributed by atoms with van der Waals surface area (Å²) in [5.74, 6) is 0.115. The molecule has 0 spiro atoms. The predicted molar refractivity (Wildman–Crippen MR) is 176 cm³/mol. The van der Waals surface area contributed by atoms with Crippen LogP contribution in [-0.2, 0) is 10.9 Å². The van der Waals surface area contributed by atoms with Crippen molar-refractivity contribution in [3.63, 3.8) is 0 Å². The molecule has 0 bridgehead atoms. The van der Waals surface area contributed by atoms with Crippen LogP contribution in [0.25, 0.3) is 11.4 Å². The monoisotopic (exact) mass is 657 g/mol. The van der Waals surface area contributed by atoms with Crippen LogP contribution in [0.1, 0.15) is 22.8 Å². The van der Waals surface area contributed by atoms with Crippen molar-refractivity contribution >= 4 is 31.2 Å². The summed E-state index contributed by atoms with van der Waals surface area (Å²) in [6, 6.07) is 9.11. The molecule has 2 saturated heterocycles. The van der Waals surface area contributed by atoms with Crippen molar-refractivity contribution in [2.45, 2.75) is 44.8 Å². The van der Waals surface area contributed by atoms with E-state index in [0.717, 1.165) is 30.7 Å². The maximum absolute atomic E-state index is 14.3. The molecule has 1 aromatic carbocycles. The number of ether oxygens (including phenoxy) is 2.